The number of ketones is 1. The molecule has 3 heteroatoms. The van der Waals surface area contributed by atoms with Crippen LogP contribution in [0.15, 0.2) is 53.0 Å². The predicted molar refractivity (Wildman–Crippen MR) is 90.9 cm³/mol. The smallest absolute Gasteiger partial charge is 0.194 e. The SMILES string of the molecule is COc1ccc2ccc3c(c2c1)C(=O)c1ccc(Br)cc1C3. The van der Waals surface area contributed by atoms with Crippen LogP contribution in [-0.2, 0) is 6.42 Å². The van der Waals surface area contributed by atoms with Crippen LogP contribution >= 0.6 is 15.9 Å². The minimum atomic E-state index is 0.0996. The van der Waals surface area contributed by atoms with E-state index < -0.39 is 0 Å². The first kappa shape index (κ1) is 13.5. The highest BCUT2D eigenvalue weighted by Crippen LogP contribution is 2.34. The quantitative estimate of drug-likeness (QED) is 0.494. The molecule has 0 fully saturated rings. The average Bonchev–Trinajstić information content (AvgIpc) is 2.53. The van der Waals surface area contributed by atoms with E-state index in [0.717, 1.165) is 49.7 Å². The zero-order chi connectivity index (χ0) is 15.3. The third-order valence-electron chi connectivity index (χ3n) is 4.23. The molecule has 2 nitrogen and oxygen atoms in total. The highest BCUT2D eigenvalue weighted by Gasteiger charge is 2.25. The van der Waals surface area contributed by atoms with E-state index >= 15 is 0 Å². The lowest BCUT2D eigenvalue weighted by molar-refractivity contribution is 0.103. The molecule has 3 aromatic rings. The summed E-state index contributed by atoms with van der Waals surface area (Å²) in [5.74, 6) is 0.873. The fraction of sp³-hybridized carbons (Fsp3) is 0.105. The van der Waals surface area contributed by atoms with Gasteiger partial charge in [0.2, 0.25) is 0 Å². The molecule has 1 aliphatic rings. The molecule has 1 aliphatic carbocycles. The van der Waals surface area contributed by atoms with Crippen LogP contribution in [0, 0.1) is 0 Å². The summed E-state index contributed by atoms with van der Waals surface area (Å²) < 4.78 is 6.32. The summed E-state index contributed by atoms with van der Waals surface area (Å²) in [7, 11) is 1.64. The lowest BCUT2D eigenvalue weighted by atomic mass is 9.82. The highest BCUT2D eigenvalue weighted by atomic mass is 79.9. The molecular formula is C19H13BrO2. The van der Waals surface area contributed by atoms with Crippen molar-refractivity contribution in [2.24, 2.45) is 0 Å². The van der Waals surface area contributed by atoms with Crippen LogP contribution in [0.5, 0.6) is 5.75 Å². The molecule has 0 atom stereocenters. The van der Waals surface area contributed by atoms with Gasteiger partial charge in [0, 0.05) is 15.6 Å². The van der Waals surface area contributed by atoms with Crippen LogP contribution < -0.4 is 4.74 Å². The Hall–Kier alpha value is -2.13. The Balaban J connectivity index is 2.00. The van der Waals surface area contributed by atoms with Crippen molar-refractivity contribution in [1.29, 1.82) is 0 Å². The summed E-state index contributed by atoms with van der Waals surface area (Å²) >= 11 is 3.48. The van der Waals surface area contributed by atoms with Gasteiger partial charge in [-0.3, -0.25) is 4.79 Å². The van der Waals surface area contributed by atoms with Gasteiger partial charge in [-0.25, -0.2) is 0 Å². The molecule has 0 unspecified atom stereocenters. The van der Waals surface area contributed by atoms with Crippen molar-refractivity contribution in [1.82, 2.24) is 0 Å². The minimum absolute atomic E-state index is 0.0996. The molecular weight excluding hydrogens is 340 g/mol. The first-order valence-electron chi connectivity index (χ1n) is 7.10. The van der Waals surface area contributed by atoms with E-state index in [1.54, 1.807) is 7.11 Å². The zero-order valence-electron chi connectivity index (χ0n) is 12.0. The molecule has 0 amide bonds. The number of fused-ring (bicyclic) bond motifs is 4. The lowest BCUT2D eigenvalue weighted by Gasteiger charge is -2.20. The Labute approximate surface area is 136 Å². The molecule has 0 radical (unpaired) electrons. The third kappa shape index (κ3) is 1.97. The third-order valence-corrected chi connectivity index (χ3v) is 4.73. The van der Waals surface area contributed by atoms with Crippen LogP contribution in [0.3, 0.4) is 0 Å². The summed E-state index contributed by atoms with van der Waals surface area (Å²) in [6, 6.07) is 15.9. The number of carbonyl (C=O) groups excluding carboxylic acids is 1. The van der Waals surface area contributed by atoms with Crippen LogP contribution in [0.2, 0.25) is 0 Å². The molecule has 0 bridgehead atoms. The molecule has 4 rings (SSSR count). The van der Waals surface area contributed by atoms with E-state index in [2.05, 4.69) is 28.1 Å². The molecule has 0 heterocycles. The summed E-state index contributed by atoms with van der Waals surface area (Å²) in [5.41, 5.74) is 3.77. The predicted octanol–water partition coefficient (Wildman–Crippen LogP) is 4.75. The number of benzene rings is 3. The molecule has 0 saturated heterocycles. The van der Waals surface area contributed by atoms with Gasteiger partial charge in [0.05, 0.1) is 7.11 Å². The maximum absolute atomic E-state index is 13.0. The minimum Gasteiger partial charge on any atom is -0.497 e. The summed E-state index contributed by atoms with van der Waals surface area (Å²) in [5, 5.41) is 2.03. The number of hydrogen-bond acceptors (Lipinski definition) is 2. The van der Waals surface area contributed by atoms with Crippen molar-refractivity contribution in [3.63, 3.8) is 0 Å². The van der Waals surface area contributed by atoms with E-state index in [4.69, 9.17) is 4.74 Å². The normalized spacial score (nSPS) is 12.9. The van der Waals surface area contributed by atoms with Gasteiger partial charge < -0.3 is 4.74 Å². The van der Waals surface area contributed by atoms with Gasteiger partial charge in [-0.15, -0.1) is 0 Å². The van der Waals surface area contributed by atoms with Crippen molar-refractivity contribution >= 4 is 32.5 Å². The molecule has 3 aromatic carbocycles. The Bertz CT molecular complexity index is 928. The Kier molecular flexibility index (Phi) is 3.05. The molecule has 0 aromatic heterocycles. The van der Waals surface area contributed by atoms with Gasteiger partial charge in [-0.1, -0.05) is 34.1 Å². The van der Waals surface area contributed by atoms with Gasteiger partial charge in [0.15, 0.2) is 5.78 Å². The van der Waals surface area contributed by atoms with Gasteiger partial charge in [0.1, 0.15) is 5.75 Å². The van der Waals surface area contributed by atoms with Gasteiger partial charge in [0.25, 0.3) is 0 Å². The monoisotopic (exact) mass is 352 g/mol. The van der Waals surface area contributed by atoms with Gasteiger partial charge in [-0.2, -0.15) is 0 Å². The number of rotatable bonds is 1. The van der Waals surface area contributed by atoms with E-state index in [1.165, 1.54) is 0 Å². The molecule has 0 aliphatic heterocycles. The topological polar surface area (TPSA) is 26.3 Å². The molecule has 0 spiro atoms. The lowest BCUT2D eigenvalue weighted by Crippen LogP contribution is -2.15. The Morgan fingerprint density at radius 3 is 2.64 bits per heavy atom. The van der Waals surface area contributed by atoms with E-state index in [9.17, 15) is 4.79 Å². The molecule has 0 N–H and O–H groups in total. The summed E-state index contributed by atoms with van der Waals surface area (Å²) in [6.07, 6.45) is 0.781. The zero-order valence-corrected chi connectivity index (χ0v) is 13.6. The van der Waals surface area contributed by atoms with Gasteiger partial charge >= 0.3 is 0 Å². The van der Waals surface area contributed by atoms with Crippen molar-refractivity contribution in [2.45, 2.75) is 6.42 Å². The first-order chi connectivity index (χ1) is 10.7. The van der Waals surface area contributed by atoms with Crippen molar-refractivity contribution in [2.75, 3.05) is 7.11 Å². The highest BCUT2D eigenvalue weighted by molar-refractivity contribution is 9.10. The summed E-state index contributed by atoms with van der Waals surface area (Å²) in [6.45, 7) is 0. The second-order valence-electron chi connectivity index (χ2n) is 5.49. The largest absolute Gasteiger partial charge is 0.497 e. The van der Waals surface area contributed by atoms with Crippen LogP contribution in [0.4, 0.5) is 0 Å². The molecule has 108 valence electrons. The number of hydrogen-bond donors (Lipinski definition) is 0. The van der Waals surface area contributed by atoms with Crippen molar-refractivity contribution in [3.05, 3.63) is 75.3 Å². The van der Waals surface area contributed by atoms with E-state index in [1.807, 2.05) is 36.4 Å². The number of ether oxygens (including phenoxy) is 1. The van der Waals surface area contributed by atoms with Crippen LogP contribution in [0.25, 0.3) is 10.8 Å². The number of methoxy groups -OCH3 is 1. The Morgan fingerprint density at radius 2 is 1.82 bits per heavy atom. The van der Waals surface area contributed by atoms with Crippen LogP contribution in [-0.4, -0.2) is 12.9 Å². The molecule has 0 saturated carbocycles. The van der Waals surface area contributed by atoms with Crippen molar-refractivity contribution in [3.8, 4) is 5.75 Å². The summed E-state index contributed by atoms with van der Waals surface area (Å²) in [4.78, 5) is 13.0. The maximum Gasteiger partial charge on any atom is 0.194 e. The van der Waals surface area contributed by atoms with Gasteiger partial charge in [-0.05, 0) is 58.7 Å². The van der Waals surface area contributed by atoms with Crippen molar-refractivity contribution < 1.29 is 9.53 Å². The Morgan fingerprint density at radius 1 is 1.00 bits per heavy atom. The van der Waals surface area contributed by atoms with Crippen LogP contribution in [0.1, 0.15) is 27.0 Å². The van der Waals surface area contributed by atoms with E-state index in [-0.39, 0.29) is 5.78 Å². The van der Waals surface area contributed by atoms with E-state index in [0.29, 0.717) is 0 Å². The second-order valence-corrected chi connectivity index (χ2v) is 6.41. The number of carbonyl (C=O) groups is 1. The fourth-order valence-electron chi connectivity index (χ4n) is 3.16. The average molecular weight is 353 g/mol. The standard InChI is InChI=1S/C19H13BrO2/c1-22-15-6-4-11-2-3-12-8-13-9-14(20)5-7-16(13)19(21)18(12)17(11)10-15/h2-7,9-10H,8H2,1H3. The first-order valence-corrected chi connectivity index (χ1v) is 7.89. The maximum atomic E-state index is 13.0. The number of halogens is 1. The fourth-order valence-corrected chi connectivity index (χ4v) is 3.56. The second kappa shape index (κ2) is 4.96. The molecule has 22 heavy (non-hydrogen) atoms.